The normalized spacial score (nSPS) is 10.6. The minimum Gasteiger partial charge on any atom is -0.480 e. The molecule has 0 spiro atoms. The van der Waals surface area contributed by atoms with Crippen LogP contribution in [0.25, 0.3) is 0 Å². The van der Waals surface area contributed by atoms with E-state index < -0.39 is 29.9 Å². The van der Waals surface area contributed by atoms with Crippen LogP contribution in [0.2, 0.25) is 0 Å². The Bertz CT molecular complexity index is 307. The Morgan fingerprint density at radius 1 is 1.24 bits per heavy atom. The molecule has 2 N–H and O–H groups in total. The second-order valence-corrected chi connectivity index (χ2v) is 3.37. The van der Waals surface area contributed by atoms with Crippen molar-refractivity contribution < 1.29 is 34.1 Å². The predicted octanol–water partition coefficient (Wildman–Crippen LogP) is -0.0923. The Balaban J connectivity index is 4.01. The summed E-state index contributed by atoms with van der Waals surface area (Å²) in [5.41, 5.74) is -2.01. The van der Waals surface area contributed by atoms with Gasteiger partial charge in [-0.15, -0.1) is 0 Å². The summed E-state index contributed by atoms with van der Waals surface area (Å²) in [7, 11) is 0. The van der Waals surface area contributed by atoms with E-state index in [0.29, 0.717) is 0 Å². The highest BCUT2D eigenvalue weighted by Crippen LogP contribution is 2.17. The zero-order valence-corrected chi connectivity index (χ0v) is 9.34. The lowest BCUT2D eigenvalue weighted by Gasteiger charge is -2.19. The van der Waals surface area contributed by atoms with Gasteiger partial charge in [-0.2, -0.15) is 0 Å². The summed E-state index contributed by atoms with van der Waals surface area (Å²) in [4.78, 5) is 32.0. The van der Waals surface area contributed by atoms with Crippen molar-refractivity contribution in [2.45, 2.75) is 6.92 Å². The molecule has 0 rings (SSSR count). The van der Waals surface area contributed by atoms with Gasteiger partial charge in [-0.05, 0) is 6.92 Å². The highest BCUT2D eigenvalue weighted by atomic mass is 16.6. The fraction of sp³-hybridized carbons (Fsp3) is 0.500. The molecule has 0 bridgehead atoms. The molecule has 7 nitrogen and oxygen atoms in total. The third-order valence-electron chi connectivity index (χ3n) is 1.97. The molecule has 0 aliphatic rings. The minimum atomic E-state index is -2.01. The van der Waals surface area contributed by atoms with Crippen LogP contribution in [0.5, 0.6) is 0 Å². The number of carboxylic acid groups (broad SMARTS) is 2. The van der Waals surface area contributed by atoms with Crippen LogP contribution < -0.4 is 0 Å². The van der Waals surface area contributed by atoms with Crippen molar-refractivity contribution in [1.29, 1.82) is 0 Å². The van der Waals surface area contributed by atoms with Crippen LogP contribution in [0.4, 0.5) is 0 Å². The third-order valence-corrected chi connectivity index (χ3v) is 1.97. The van der Waals surface area contributed by atoms with Crippen LogP contribution in [0.1, 0.15) is 6.92 Å². The zero-order valence-electron chi connectivity index (χ0n) is 9.34. The van der Waals surface area contributed by atoms with Crippen molar-refractivity contribution in [3.05, 3.63) is 12.7 Å². The second-order valence-electron chi connectivity index (χ2n) is 3.37. The fourth-order valence-electron chi connectivity index (χ4n) is 0.751. The van der Waals surface area contributed by atoms with E-state index in [2.05, 4.69) is 11.3 Å². The van der Waals surface area contributed by atoms with Crippen molar-refractivity contribution in [3.8, 4) is 0 Å². The maximum atomic E-state index is 10.7. The van der Waals surface area contributed by atoms with Crippen molar-refractivity contribution in [1.82, 2.24) is 0 Å². The average Bonchev–Trinajstić information content (AvgIpc) is 2.27. The van der Waals surface area contributed by atoms with Crippen LogP contribution in [0.15, 0.2) is 12.7 Å². The molecule has 0 amide bonds. The van der Waals surface area contributed by atoms with E-state index >= 15 is 0 Å². The van der Waals surface area contributed by atoms with Gasteiger partial charge in [0.2, 0.25) is 0 Å². The predicted molar refractivity (Wildman–Crippen MR) is 55.4 cm³/mol. The zero-order chi connectivity index (χ0) is 13.5. The van der Waals surface area contributed by atoms with E-state index in [-0.39, 0.29) is 13.2 Å². The van der Waals surface area contributed by atoms with Gasteiger partial charge < -0.3 is 19.7 Å². The molecule has 96 valence electrons. The number of rotatable bonds is 8. The van der Waals surface area contributed by atoms with Gasteiger partial charge in [0.25, 0.3) is 0 Å². The molecule has 0 saturated heterocycles. The first-order valence-corrected chi connectivity index (χ1v) is 4.68. The first kappa shape index (κ1) is 15.1. The van der Waals surface area contributed by atoms with Gasteiger partial charge >= 0.3 is 17.9 Å². The molecular weight excluding hydrogens is 232 g/mol. The molecule has 0 unspecified atom stereocenters. The molecule has 0 aromatic carbocycles. The summed E-state index contributed by atoms with van der Waals surface area (Å²) in [6.07, 6.45) is 0.971. The maximum absolute atomic E-state index is 10.7. The quantitative estimate of drug-likeness (QED) is 0.266. The van der Waals surface area contributed by atoms with Crippen LogP contribution >= 0.6 is 0 Å². The summed E-state index contributed by atoms with van der Waals surface area (Å²) >= 11 is 0. The molecule has 0 heterocycles. The first-order valence-electron chi connectivity index (χ1n) is 4.68. The van der Waals surface area contributed by atoms with Crippen molar-refractivity contribution in [3.63, 3.8) is 0 Å². The Kier molecular flexibility index (Phi) is 5.90. The van der Waals surface area contributed by atoms with Crippen molar-refractivity contribution in [2.24, 2.45) is 5.41 Å². The van der Waals surface area contributed by atoms with Crippen LogP contribution in [-0.4, -0.2) is 47.9 Å². The number of aliphatic carboxylic acids is 2. The molecule has 0 atom stereocenters. The van der Waals surface area contributed by atoms with E-state index in [1.54, 1.807) is 0 Å². The summed E-state index contributed by atoms with van der Waals surface area (Å²) in [6.45, 7) is 3.51. The number of esters is 1. The van der Waals surface area contributed by atoms with E-state index in [0.717, 1.165) is 13.0 Å². The van der Waals surface area contributed by atoms with Crippen LogP contribution in [0, 0.1) is 5.41 Å². The lowest BCUT2D eigenvalue weighted by molar-refractivity contribution is -0.168. The van der Waals surface area contributed by atoms with Gasteiger partial charge in [0.1, 0.15) is 6.61 Å². The van der Waals surface area contributed by atoms with E-state index in [1.165, 1.54) is 0 Å². The Labute approximate surface area is 97.6 Å². The molecule has 0 aliphatic heterocycles. The topological polar surface area (TPSA) is 110 Å². The van der Waals surface area contributed by atoms with Crippen molar-refractivity contribution in [2.75, 3.05) is 19.8 Å². The summed E-state index contributed by atoms with van der Waals surface area (Å²) in [5, 5.41) is 17.5. The molecule has 7 heteroatoms. The highest BCUT2D eigenvalue weighted by Gasteiger charge is 2.42. The number of carbonyl (C=O) groups is 3. The standard InChI is InChI=1S/C10H14O7/c1-3-7(11)17-5-4-16-6-10(2,8(12)13)9(14)15/h3H,1,4-6H2,2H3,(H,12,13)(H,14,15). The smallest absolute Gasteiger partial charge is 0.330 e. The summed E-state index contributed by atoms with van der Waals surface area (Å²) in [6, 6.07) is 0. The molecule has 17 heavy (non-hydrogen) atoms. The fourth-order valence-corrected chi connectivity index (χ4v) is 0.751. The summed E-state index contributed by atoms with van der Waals surface area (Å²) in [5.74, 6) is -3.62. The number of ether oxygens (including phenoxy) is 2. The summed E-state index contributed by atoms with van der Waals surface area (Å²) < 4.78 is 9.39. The monoisotopic (exact) mass is 246 g/mol. The molecule has 0 aliphatic carbocycles. The van der Waals surface area contributed by atoms with Gasteiger partial charge in [-0.3, -0.25) is 9.59 Å². The largest absolute Gasteiger partial charge is 0.480 e. The number of carbonyl (C=O) groups excluding carboxylic acids is 1. The Morgan fingerprint density at radius 3 is 2.18 bits per heavy atom. The molecule has 0 saturated carbocycles. The number of carboxylic acids is 2. The lowest BCUT2D eigenvalue weighted by Crippen LogP contribution is -2.40. The molecule has 0 radical (unpaired) electrons. The van der Waals surface area contributed by atoms with Gasteiger partial charge in [0.05, 0.1) is 13.2 Å². The van der Waals surface area contributed by atoms with E-state index in [4.69, 9.17) is 14.9 Å². The lowest BCUT2D eigenvalue weighted by atomic mass is 9.92. The van der Waals surface area contributed by atoms with Crippen molar-refractivity contribution >= 4 is 17.9 Å². The van der Waals surface area contributed by atoms with Gasteiger partial charge in [-0.25, -0.2) is 4.79 Å². The van der Waals surface area contributed by atoms with Gasteiger partial charge in [0.15, 0.2) is 5.41 Å². The van der Waals surface area contributed by atoms with Crippen LogP contribution in [0.3, 0.4) is 0 Å². The molecular formula is C10H14O7. The average molecular weight is 246 g/mol. The second kappa shape index (κ2) is 6.64. The number of hydrogen-bond acceptors (Lipinski definition) is 5. The SMILES string of the molecule is C=CC(=O)OCCOCC(C)(C(=O)O)C(=O)O. The number of hydrogen-bond donors (Lipinski definition) is 2. The highest BCUT2D eigenvalue weighted by molar-refractivity contribution is 5.97. The first-order chi connectivity index (χ1) is 7.84. The van der Waals surface area contributed by atoms with E-state index in [9.17, 15) is 14.4 Å². The molecule has 0 aromatic rings. The molecule has 0 aromatic heterocycles. The van der Waals surface area contributed by atoms with Gasteiger partial charge in [-0.1, -0.05) is 6.58 Å². The minimum absolute atomic E-state index is 0.0876. The third kappa shape index (κ3) is 4.64. The molecule has 0 fully saturated rings. The van der Waals surface area contributed by atoms with Crippen LogP contribution in [-0.2, 0) is 23.9 Å². The Hall–Kier alpha value is -1.89. The maximum Gasteiger partial charge on any atom is 0.330 e. The Morgan fingerprint density at radius 2 is 1.76 bits per heavy atom. The van der Waals surface area contributed by atoms with E-state index in [1.807, 2.05) is 0 Å². The van der Waals surface area contributed by atoms with Gasteiger partial charge in [0, 0.05) is 6.08 Å².